The number of para-hydroxylation sites is 1. The zero-order valence-electron chi connectivity index (χ0n) is 10.4. The number of fused-ring (bicyclic) bond motifs is 1. The molecule has 90 valence electrons. The van der Waals surface area contributed by atoms with Gasteiger partial charge in [0.15, 0.2) is 0 Å². The molecule has 2 nitrogen and oxygen atoms in total. The van der Waals surface area contributed by atoms with Gasteiger partial charge in [-0.2, -0.15) is 0 Å². The molecule has 0 bridgehead atoms. The summed E-state index contributed by atoms with van der Waals surface area (Å²) in [4.78, 5) is 6.92. The first kappa shape index (κ1) is 12.3. The molecule has 0 fully saturated rings. The van der Waals surface area contributed by atoms with E-state index in [1.165, 1.54) is 15.3 Å². The Kier molecular flexibility index (Phi) is 3.92. The van der Waals surface area contributed by atoms with Gasteiger partial charge in [-0.05, 0) is 26.1 Å². The Balaban J connectivity index is 1.97. The Labute approximate surface area is 107 Å². The zero-order valence-corrected chi connectivity index (χ0v) is 11.3. The first-order valence-electron chi connectivity index (χ1n) is 5.82. The van der Waals surface area contributed by atoms with Gasteiger partial charge in [0.1, 0.15) is 0 Å². The van der Waals surface area contributed by atoms with Crippen LogP contribution in [0.5, 0.6) is 0 Å². The van der Waals surface area contributed by atoms with Gasteiger partial charge >= 0.3 is 0 Å². The van der Waals surface area contributed by atoms with Gasteiger partial charge in [-0.3, -0.25) is 0 Å². The molecule has 2 aromatic rings. The average Bonchev–Trinajstić information content (AvgIpc) is 2.68. The average molecular weight is 246 g/mol. The molecule has 0 spiro atoms. The number of rotatable bonds is 5. The second-order valence-corrected chi connectivity index (χ2v) is 5.64. The third kappa shape index (κ3) is 3.38. The Morgan fingerprint density at radius 3 is 2.88 bits per heavy atom. The van der Waals surface area contributed by atoms with Gasteiger partial charge in [0, 0.05) is 19.5 Å². The molecule has 0 atom stereocenters. The van der Waals surface area contributed by atoms with Crippen LogP contribution in [-0.2, 0) is 6.42 Å². The van der Waals surface area contributed by atoms with Crippen LogP contribution in [0, 0.1) is 0 Å². The fourth-order valence-electron chi connectivity index (χ4n) is 1.85. The number of hydrogen-bond acceptors (Lipinski definition) is 3. The third-order valence-electron chi connectivity index (χ3n) is 2.59. The number of nitrogens with zero attached hydrogens (tertiary/aromatic N) is 2. The lowest BCUT2D eigenvalue weighted by Gasteiger charge is -2.15. The number of thiazole rings is 1. The van der Waals surface area contributed by atoms with Gasteiger partial charge in [0.05, 0.1) is 15.2 Å². The van der Waals surface area contributed by atoms with E-state index >= 15 is 0 Å². The predicted octanol–water partition coefficient (Wildman–Crippen LogP) is 3.35. The highest BCUT2D eigenvalue weighted by Gasteiger charge is 2.04. The molecule has 1 aromatic heterocycles. The summed E-state index contributed by atoms with van der Waals surface area (Å²) in [5.41, 5.74) is 2.33. The molecule has 1 heterocycles. The van der Waals surface area contributed by atoms with Crippen LogP contribution in [0.2, 0.25) is 0 Å². The summed E-state index contributed by atoms with van der Waals surface area (Å²) < 4.78 is 1.28. The van der Waals surface area contributed by atoms with Crippen LogP contribution in [0.25, 0.3) is 10.2 Å². The van der Waals surface area contributed by atoms with Gasteiger partial charge in [-0.25, -0.2) is 4.98 Å². The number of aromatic nitrogens is 1. The van der Waals surface area contributed by atoms with Crippen molar-refractivity contribution >= 4 is 21.6 Å². The molecule has 0 amide bonds. The van der Waals surface area contributed by atoms with Crippen molar-refractivity contribution in [3.05, 3.63) is 41.4 Å². The van der Waals surface area contributed by atoms with Gasteiger partial charge in [0.2, 0.25) is 0 Å². The van der Waals surface area contributed by atoms with Crippen molar-refractivity contribution in [3.8, 4) is 0 Å². The van der Waals surface area contributed by atoms with Crippen molar-refractivity contribution in [2.24, 2.45) is 0 Å². The summed E-state index contributed by atoms with van der Waals surface area (Å²) >= 11 is 1.80. The van der Waals surface area contributed by atoms with Crippen LogP contribution in [0.3, 0.4) is 0 Å². The first-order chi connectivity index (χ1) is 8.15. The summed E-state index contributed by atoms with van der Waals surface area (Å²) in [5, 5.41) is 1.22. The van der Waals surface area contributed by atoms with E-state index in [2.05, 4.69) is 48.6 Å². The van der Waals surface area contributed by atoms with Crippen molar-refractivity contribution in [2.45, 2.75) is 13.3 Å². The van der Waals surface area contributed by atoms with E-state index in [-0.39, 0.29) is 0 Å². The molecular weight excluding hydrogens is 228 g/mol. The number of hydrogen-bond donors (Lipinski definition) is 0. The topological polar surface area (TPSA) is 16.1 Å². The molecule has 2 rings (SSSR count). The van der Waals surface area contributed by atoms with E-state index < -0.39 is 0 Å². The second-order valence-electron chi connectivity index (χ2n) is 4.52. The molecule has 3 heteroatoms. The smallest absolute Gasteiger partial charge is 0.0951 e. The molecule has 0 saturated heterocycles. The number of benzene rings is 1. The molecule has 0 aliphatic heterocycles. The fraction of sp³-hybridized carbons (Fsp3) is 0.357. The van der Waals surface area contributed by atoms with Crippen LogP contribution in [0.15, 0.2) is 36.4 Å². The maximum atomic E-state index is 4.63. The summed E-state index contributed by atoms with van der Waals surface area (Å²) in [7, 11) is 2.13. The van der Waals surface area contributed by atoms with Crippen LogP contribution in [0.1, 0.15) is 11.9 Å². The minimum absolute atomic E-state index is 0.963. The van der Waals surface area contributed by atoms with Crippen LogP contribution in [-0.4, -0.2) is 30.0 Å². The van der Waals surface area contributed by atoms with Crippen molar-refractivity contribution in [2.75, 3.05) is 20.1 Å². The minimum atomic E-state index is 0.963. The number of likely N-dealkylation sites (N-methyl/N-ethyl adjacent to an activating group) is 1. The molecule has 0 unspecified atom stereocenters. The molecule has 0 aliphatic rings. The fourth-order valence-corrected chi connectivity index (χ4v) is 2.81. The SMILES string of the molecule is C=C(C)CN(C)CCc1nc2ccccc2s1. The maximum absolute atomic E-state index is 4.63. The largest absolute Gasteiger partial charge is 0.302 e. The van der Waals surface area contributed by atoms with Crippen LogP contribution in [0.4, 0.5) is 0 Å². The van der Waals surface area contributed by atoms with Crippen LogP contribution < -0.4 is 0 Å². The van der Waals surface area contributed by atoms with E-state index in [0.717, 1.165) is 25.0 Å². The normalized spacial score (nSPS) is 11.2. The highest BCUT2D eigenvalue weighted by atomic mass is 32.1. The van der Waals surface area contributed by atoms with Crippen molar-refractivity contribution in [1.82, 2.24) is 9.88 Å². The van der Waals surface area contributed by atoms with Crippen molar-refractivity contribution in [1.29, 1.82) is 0 Å². The van der Waals surface area contributed by atoms with E-state index in [1.807, 2.05) is 6.07 Å². The highest BCUT2D eigenvalue weighted by Crippen LogP contribution is 2.21. The van der Waals surface area contributed by atoms with E-state index in [1.54, 1.807) is 11.3 Å². The first-order valence-corrected chi connectivity index (χ1v) is 6.64. The molecule has 1 aromatic carbocycles. The molecular formula is C14H18N2S. The van der Waals surface area contributed by atoms with Crippen molar-refractivity contribution < 1.29 is 0 Å². The lowest BCUT2D eigenvalue weighted by molar-refractivity contribution is 0.367. The minimum Gasteiger partial charge on any atom is -0.302 e. The quantitative estimate of drug-likeness (QED) is 0.752. The Morgan fingerprint density at radius 1 is 1.41 bits per heavy atom. The Morgan fingerprint density at radius 2 is 2.18 bits per heavy atom. The molecule has 0 aliphatic carbocycles. The lowest BCUT2D eigenvalue weighted by Crippen LogP contribution is -2.22. The molecule has 0 saturated carbocycles. The second kappa shape index (κ2) is 5.43. The Bertz CT molecular complexity index is 483. The van der Waals surface area contributed by atoms with Crippen molar-refractivity contribution in [3.63, 3.8) is 0 Å². The maximum Gasteiger partial charge on any atom is 0.0951 e. The van der Waals surface area contributed by atoms with Gasteiger partial charge < -0.3 is 4.90 Å². The van der Waals surface area contributed by atoms with E-state index in [0.29, 0.717) is 0 Å². The summed E-state index contributed by atoms with van der Waals surface area (Å²) in [6.07, 6.45) is 1.02. The van der Waals surface area contributed by atoms with Gasteiger partial charge in [-0.1, -0.05) is 24.3 Å². The lowest BCUT2D eigenvalue weighted by atomic mass is 10.3. The third-order valence-corrected chi connectivity index (χ3v) is 3.68. The zero-order chi connectivity index (χ0) is 12.3. The summed E-state index contributed by atoms with van der Waals surface area (Å²) in [6, 6.07) is 8.32. The monoisotopic (exact) mass is 246 g/mol. The van der Waals surface area contributed by atoms with Crippen LogP contribution >= 0.6 is 11.3 Å². The summed E-state index contributed by atoms with van der Waals surface area (Å²) in [6.45, 7) is 7.99. The van der Waals surface area contributed by atoms with E-state index in [4.69, 9.17) is 0 Å². The molecule has 17 heavy (non-hydrogen) atoms. The predicted molar refractivity (Wildman–Crippen MR) is 75.6 cm³/mol. The molecule has 0 N–H and O–H groups in total. The van der Waals surface area contributed by atoms with Gasteiger partial charge in [0.25, 0.3) is 0 Å². The summed E-state index contributed by atoms with van der Waals surface area (Å²) in [5.74, 6) is 0. The highest BCUT2D eigenvalue weighted by molar-refractivity contribution is 7.18. The molecule has 0 radical (unpaired) electrons. The standard InChI is InChI=1S/C14H18N2S/c1-11(2)10-16(3)9-8-14-15-12-6-4-5-7-13(12)17-14/h4-7H,1,8-10H2,2-3H3. The van der Waals surface area contributed by atoms with Gasteiger partial charge in [-0.15, -0.1) is 11.3 Å². The Hall–Kier alpha value is -1.19. The van der Waals surface area contributed by atoms with E-state index in [9.17, 15) is 0 Å².